The third kappa shape index (κ3) is 4.02. The smallest absolute Gasteiger partial charge is 0.319 e. The number of rotatable bonds is 5. The maximum absolute atomic E-state index is 7.01. The summed E-state index contributed by atoms with van der Waals surface area (Å²) in [6, 6.07) is 30.6. The van der Waals surface area contributed by atoms with Crippen LogP contribution < -0.4 is 10.4 Å². The summed E-state index contributed by atoms with van der Waals surface area (Å²) in [5, 5.41) is 2.60. The summed E-state index contributed by atoms with van der Waals surface area (Å²) in [4.78, 5) is 0. The Kier molecular flexibility index (Phi) is 5.94. The molecule has 0 spiro atoms. The number of hydrogen-bond donors (Lipinski definition) is 0. The minimum atomic E-state index is -2.55. The van der Waals surface area contributed by atoms with Gasteiger partial charge in [0.05, 0.1) is 6.26 Å². The Hall–Kier alpha value is -2.58. The fraction of sp³-hybridized carbons (Fsp3) is 0.310. The summed E-state index contributed by atoms with van der Waals surface area (Å²) in [5.74, 6) is 0. The topological polar surface area (TPSA) is 9.23 Å². The molecule has 1 nitrogen and oxygen atoms in total. The Balaban J connectivity index is 1.78. The lowest BCUT2D eigenvalue weighted by molar-refractivity contribution is 0.421. The van der Waals surface area contributed by atoms with Gasteiger partial charge >= 0.3 is 8.32 Å². The van der Waals surface area contributed by atoms with Crippen LogP contribution in [-0.2, 0) is 16.3 Å². The van der Waals surface area contributed by atoms with Gasteiger partial charge in [-0.15, -0.1) is 0 Å². The predicted octanol–water partition coefficient (Wildman–Crippen LogP) is 6.37. The fourth-order valence-electron chi connectivity index (χ4n) is 5.23. The largest absolute Gasteiger partial charge is 0.540 e. The van der Waals surface area contributed by atoms with E-state index in [9.17, 15) is 0 Å². The van der Waals surface area contributed by atoms with Crippen LogP contribution in [0, 0.1) is 0 Å². The minimum absolute atomic E-state index is 0.0141. The number of fused-ring (bicyclic) bond motifs is 1. The molecule has 0 heterocycles. The quantitative estimate of drug-likeness (QED) is 0.340. The van der Waals surface area contributed by atoms with E-state index >= 15 is 0 Å². The highest BCUT2D eigenvalue weighted by atomic mass is 28.4. The van der Waals surface area contributed by atoms with Crippen LogP contribution in [0.15, 0.2) is 97.3 Å². The molecule has 0 fully saturated rings. The molecule has 2 heteroatoms. The molecule has 0 aliphatic heterocycles. The zero-order chi connectivity index (χ0) is 22.0. The molecule has 0 bridgehead atoms. The van der Waals surface area contributed by atoms with E-state index in [4.69, 9.17) is 4.43 Å². The van der Waals surface area contributed by atoms with Gasteiger partial charge in [0.2, 0.25) is 0 Å². The average Bonchev–Trinajstić information content (AvgIpc) is 2.77. The SMILES string of the molecule is CC(C)(C)[Si](O/C=C/[C@]1(C)CCCc2ccccc21)(c1ccccc1)c1ccccc1. The Labute approximate surface area is 188 Å². The zero-order valence-corrected chi connectivity index (χ0v) is 20.3. The fourth-order valence-corrected chi connectivity index (χ4v) is 9.51. The van der Waals surface area contributed by atoms with E-state index < -0.39 is 8.32 Å². The molecule has 1 aliphatic carbocycles. The lowest BCUT2D eigenvalue weighted by Crippen LogP contribution is -2.65. The van der Waals surface area contributed by atoms with E-state index in [-0.39, 0.29) is 10.5 Å². The Bertz CT molecular complexity index is 994. The molecule has 0 saturated heterocycles. The van der Waals surface area contributed by atoms with Crippen LogP contribution in [0.4, 0.5) is 0 Å². The summed E-state index contributed by atoms with van der Waals surface area (Å²) in [5.41, 5.74) is 2.94. The van der Waals surface area contributed by atoms with Crippen LogP contribution >= 0.6 is 0 Å². The van der Waals surface area contributed by atoms with Crippen molar-refractivity contribution < 1.29 is 4.43 Å². The molecule has 1 atom stereocenters. The number of hydrogen-bond acceptors (Lipinski definition) is 1. The monoisotopic (exact) mass is 426 g/mol. The van der Waals surface area contributed by atoms with Crippen molar-refractivity contribution in [2.45, 2.75) is 57.4 Å². The maximum atomic E-state index is 7.01. The number of benzene rings is 3. The Morgan fingerprint density at radius 1 is 0.806 bits per heavy atom. The molecule has 0 amide bonds. The lowest BCUT2D eigenvalue weighted by Gasteiger charge is -2.42. The first kappa shape index (κ1) is 21.6. The number of aryl methyl sites for hydroxylation is 1. The average molecular weight is 427 g/mol. The van der Waals surface area contributed by atoms with Crippen LogP contribution in [-0.4, -0.2) is 8.32 Å². The van der Waals surface area contributed by atoms with Gasteiger partial charge in [-0.25, -0.2) is 0 Å². The molecule has 4 rings (SSSR count). The highest BCUT2D eigenvalue weighted by Gasteiger charge is 2.51. The first-order valence-electron chi connectivity index (χ1n) is 11.4. The van der Waals surface area contributed by atoms with E-state index in [1.54, 1.807) is 0 Å². The minimum Gasteiger partial charge on any atom is -0.540 e. The van der Waals surface area contributed by atoms with Gasteiger partial charge in [-0.3, -0.25) is 0 Å². The van der Waals surface area contributed by atoms with Gasteiger partial charge in [0.1, 0.15) is 0 Å². The van der Waals surface area contributed by atoms with Crippen LogP contribution in [0.5, 0.6) is 0 Å². The van der Waals surface area contributed by atoms with Crippen molar-refractivity contribution in [3.8, 4) is 0 Å². The molecule has 1 aliphatic rings. The van der Waals surface area contributed by atoms with Crippen molar-refractivity contribution in [1.29, 1.82) is 0 Å². The van der Waals surface area contributed by atoms with Crippen molar-refractivity contribution in [2.24, 2.45) is 0 Å². The van der Waals surface area contributed by atoms with E-state index in [1.807, 2.05) is 6.26 Å². The summed E-state index contributed by atoms with van der Waals surface area (Å²) in [6.07, 6.45) is 7.92. The van der Waals surface area contributed by atoms with Gasteiger partial charge in [0.15, 0.2) is 0 Å². The van der Waals surface area contributed by atoms with Gasteiger partial charge in [-0.05, 0) is 51.9 Å². The van der Waals surface area contributed by atoms with Gasteiger partial charge in [0.25, 0.3) is 0 Å². The van der Waals surface area contributed by atoms with Crippen LogP contribution in [0.1, 0.15) is 51.7 Å². The second-order valence-electron chi connectivity index (χ2n) is 10.0. The van der Waals surface area contributed by atoms with E-state index in [0.717, 1.165) is 6.42 Å². The summed E-state index contributed by atoms with van der Waals surface area (Å²) < 4.78 is 7.01. The molecule has 0 aromatic heterocycles. The molecule has 160 valence electrons. The van der Waals surface area contributed by atoms with Gasteiger partial charge < -0.3 is 4.43 Å². The Morgan fingerprint density at radius 3 is 1.94 bits per heavy atom. The third-order valence-corrected chi connectivity index (χ3v) is 11.8. The first-order valence-corrected chi connectivity index (χ1v) is 13.3. The molecular weight excluding hydrogens is 392 g/mol. The molecule has 0 N–H and O–H groups in total. The zero-order valence-electron chi connectivity index (χ0n) is 19.3. The molecule has 31 heavy (non-hydrogen) atoms. The van der Waals surface area contributed by atoms with Crippen molar-refractivity contribution in [2.75, 3.05) is 0 Å². The van der Waals surface area contributed by atoms with Gasteiger partial charge in [-0.2, -0.15) is 0 Å². The van der Waals surface area contributed by atoms with Crippen LogP contribution in [0.3, 0.4) is 0 Å². The first-order chi connectivity index (χ1) is 14.9. The van der Waals surface area contributed by atoms with Crippen LogP contribution in [0.2, 0.25) is 5.04 Å². The highest BCUT2D eigenvalue weighted by Crippen LogP contribution is 2.40. The van der Waals surface area contributed by atoms with Crippen molar-refractivity contribution in [3.05, 3.63) is 108 Å². The van der Waals surface area contributed by atoms with E-state index in [1.165, 1.54) is 34.3 Å². The summed E-state index contributed by atoms with van der Waals surface area (Å²) in [6.45, 7) is 9.33. The standard InChI is InChI=1S/C29H34OSi/c1-28(2,3)31(25-16-7-5-8-17-25,26-18-9-6-10-19-26)30-23-22-29(4)21-13-15-24-14-11-12-20-27(24)29/h5-12,14,16-20,22-23H,13,15,21H2,1-4H3/b23-22+/t29-/m0/s1. The van der Waals surface area contributed by atoms with Crippen molar-refractivity contribution >= 4 is 18.7 Å². The molecule has 0 radical (unpaired) electrons. The predicted molar refractivity (Wildman–Crippen MR) is 135 cm³/mol. The summed E-state index contributed by atoms with van der Waals surface area (Å²) in [7, 11) is -2.55. The summed E-state index contributed by atoms with van der Waals surface area (Å²) >= 11 is 0. The van der Waals surface area contributed by atoms with Gasteiger partial charge in [0, 0.05) is 5.41 Å². The Morgan fingerprint density at radius 2 is 1.35 bits per heavy atom. The molecule has 3 aromatic carbocycles. The normalized spacial score (nSPS) is 19.2. The van der Waals surface area contributed by atoms with E-state index in [0.29, 0.717) is 0 Å². The maximum Gasteiger partial charge on any atom is 0.319 e. The molecular formula is C29H34OSi. The molecule has 3 aromatic rings. The van der Waals surface area contributed by atoms with Crippen molar-refractivity contribution in [1.82, 2.24) is 0 Å². The lowest BCUT2D eigenvalue weighted by atomic mass is 9.71. The van der Waals surface area contributed by atoms with Crippen molar-refractivity contribution in [3.63, 3.8) is 0 Å². The number of allylic oxidation sites excluding steroid dienone is 1. The molecule has 0 unspecified atom stereocenters. The van der Waals surface area contributed by atoms with E-state index in [2.05, 4.69) is 119 Å². The second-order valence-corrected chi connectivity index (χ2v) is 14.3. The third-order valence-electron chi connectivity index (χ3n) is 6.87. The van der Waals surface area contributed by atoms with Crippen LogP contribution in [0.25, 0.3) is 0 Å². The highest BCUT2D eigenvalue weighted by molar-refractivity contribution is 6.99. The second kappa shape index (κ2) is 8.51. The molecule has 0 saturated carbocycles. The van der Waals surface area contributed by atoms with Gasteiger partial charge in [-0.1, -0.05) is 113 Å².